The van der Waals surface area contributed by atoms with Crippen molar-refractivity contribution in [3.05, 3.63) is 11.4 Å². The first-order chi connectivity index (χ1) is 10.1. The molecule has 0 radical (unpaired) electrons. The lowest BCUT2D eigenvalue weighted by molar-refractivity contribution is -0.141. The number of hydrogen-bond acceptors (Lipinski definition) is 5. The lowest BCUT2D eigenvalue weighted by Crippen LogP contribution is -2.38. The summed E-state index contributed by atoms with van der Waals surface area (Å²) in [4.78, 5) is 16.5. The number of fused-ring (bicyclic) bond motifs is 1. The minimum atomic E-state index is -0.246. The van der Waals surface area contributed by atoms with Crippen LogP contribution in [0.25, 0.3) is 0 Å². The first kappa shape index (κ1) is 14.5. The van der Waals surface area contributed by atoms with Gasteiger partial charge in [0.05, 0.1) is 12.2 Å². The molecule has 0 unspecified atom stereocenters. The molecule has 1 aromatic heterocycles. The van der Waals surface area contributed by atoms with Crippen LogP contribution in [0.4, 0.5) is 0 Å². The Morgan fingerprint density at radius 2 is 2.24 bits per heavy atom. The van der Waals surface area contributed by atoms with E-state index in [-0.39, 0.29) is 12.0 Å². The van der Waals surface area contributed by atoms with E-state index in [1.165, 1.54) is 0 Å². The van der Waals surface area contributed by atoms with Gasteiger partial charge in [-0.3, -0.25) is 4.79 Å². The average molecular weight is 293 g/mol. The van der Waals surface area contributed by atoms with Gasteiger partial charge in [0.25, 0.3) is 5.91 Å². The van der Waals surface area contributed by atoms with Gasteiger partial charge in [0.15, 0.2) is 0 Å². The SMILES string of the molecule is CN(C)Cc1nnn2c1CN(C(=O)[C@@H]1CCCO1)CCC2. The smallest absolute Gasteiger partial charge is 0.252 e. The second-order valence-corrected chi connectivity index (χ2v) is 6.06. The number of aromatic nitrogens is 3. The van der Waals surface area contributed by atoms with Gasteiger partial charge in [-0.25, -0.2) is 4.68 Å². The number of amides is 1. The third-order valence-corrected chi connectivity index (χ3v) is 4.04. The van der Waals surface area contributed by atoms with E-state index in [9.17, 15) is 4.79 Å². The molecule has 1 saturated heterocycles. The molecular formula is C14H23N5O2. The van der Waals surface area contributed by atoms with Gasteiger partial charge in [0.2, 0.25) is 0 Å². The Hall–Kier alpha value is -1.47. The quantitative estimate of drug-likeness (QED) is 0.799. The van der Waals surface area contributed by atoms with Crippen molar-refractivity contribution in [2.75, 3.05) is 27.2 Å². The first-order valence-electron chi connectivity index (χ1n) is 7.61. The van der Waals surface area contributed by atoms with Crippen LogP contribution in [0.2, 0.25) is 0 Å². The zero-order chi connectivity index (χ0) is 14.8. The molecule has 1 amide bonds. The van der Waals surface area contributed by atoms with Crippen LogP contribution in [0.3, 0.4) is 0 Å². The van der Waals surface area contributed by atoms with Crippen LogP contribution in [0.15, 0.2) is 0 Å². The molecule has 7 heteroatoms. The van der Waals surface area contributed by atoms with Gasteiger partial charge < -0.3 is 14.5 Å². The topological polar surface area (TPSA) is 63.5 Å². The highest BCUT2D eigenvalue weighted by molar-refractivity contribution is 5.81. The summed E-state index contributed by atoms with van der Waals surface area (Å²) in [5, 5.41) is 8.50. The van der Waals surface area contributed by atoms with Gasteiger partial charge in [0, 0.05) is 26.2 Å². The Kier molecular flexibility index (Phi) is 4.21. The van der Waals surface area contributed by atoms with Crippen molar-refractivity contribution in [2.24, 2.45) is 0 Å². The number of carbonyl (C=O) groups excluding carboxylic acids is 1. The van der Waals surface area contributed by atoms with Gasteiger partial charge in [-0.05, 0) is 33.4 Å². The second-order valence-electron chi connectivity index (χ2n) is 6.06. The molecular weight excluding hydrogens is 270 g/mol. The van der Waals surface area contributed by atoms with Gasteiger partial charge in [-0.2, -0.15) is 0 Å². The Balaban J connectivity index is 1.77. The van der Waals surface area contributed by atoms with Crippen LogP contribution >= 0.6 is 0 Å². The molecule has 1 aromatic rings. The van der Waals surface area contributed by atoms with Gasteiger partial charge >= 0.3 is 0 Å². The van der Waals surface area contributed by atoms with E-state index in [0.717, 1.165) is 50.3 Å². The van der Waals surface area contributed by atoms with E-state index in [0.29, 0.717) is 13.2 Å². The number of aryl methyl sites for hydroxylation is 1. The fourth-order valence-corrected chi connectivity index (χ4v) is 2.98. The Morgan fingerprint density at radius 3 is 2.95 bits per heavy atom. The molecule has 21 heavy (non-hydrogen) atoms. The summed E-state index contributed by atoms with van der Waals surface area (Å²) in [5.41, 5.74) is 2.03. The minimum Gasteiger partial charge on any atom is -0.368 e. The summed E-state index contributed by atoms with van der Waals surface area (Å²) in [6.45, 7) is 3.64. The standard InChI is InChI=1S/C14H23N5O2/c1-17(2)9-11-12-10-18(6-4-7-19(12)16-15-11)14(20)13-5-3-8-21-13/h13H,3-10H2,1-2H3/t13-/m0/s1. The maximum absolute atomic E-state index is 12.6. The van der Waals surface area contributed by atoms with Crippen molar-refractivity contribution < 1.29 is 9.53 Å². The summed E-state index contributed by atoms with van der Waals surface area (Å²) in [6, 6.07) is 0. The Morgan fingerprint density at radius 1 is 1.38 bits per heavy atom. The van der Waals surface area contributed by atoms with Crippen molar-refractivity contribution >= 4 is 5.91 Å². The fraction of sp³-hybridized carbons (Fsp3) is 0.786. The molecule has 1 fully saturated rings. The molecule has 1 atom stereocenters. The van der Waals surface area contributed by atoms with Gasteiger partial charge in [-0.15, -0.1) is 5.10 Å². The molecule has 0 N–H and O–H groups in total. The highest BCUT2D eigenvalue weighted by atomic mass is 16.5. The number of ether oxygens (including phenoxy) is 1. The first-order valence-corrected chi connectivity index (χ1v) is 7.61. The third-order valence-electron chi connectivity index (χ3n) is 4.04. The third kappa shape index (κ3) is 3.08. The zero-order valence-corrected chi connectivity index (χ0v) is 12.8. The molecule has 0 saturated carbocycles. The molecule has 2 aliphatic heterocycles. The van der Waals surface area contributed by atoms with Crippen LogP contribution in [0, 0.1) is 0 Å². The molecule has 0 aromatic carbocycles. The van der Waals surface area contributed by atoms with Crippen LogP contribution in [-0.4, -0.2) is 64.1 Å². The maximum atomic E-state index is 12.6. The Labute approximate surface area is 124 Å². The second kappa shape index (κ2) is 6.11. The molecule has 0 aliphatic carbocycles. The monoisotopic (exact) mass is 293 g/mol. The summed E-state index contributed by atoms with van der Waals surface area (Å²) >= 11 is 0. The summed E-state index contributed by atoms with van der Waals surface area (Å²) in [6.07, 6.45) is 2.49. The zero-order valence-electron chi connectivity index (χ0n) is 12.8. The number of hydrogen-bond donors (Lipinski definition) is 0. The molecule has 7 nitrogen and oxygen atoms in total. The minimum absolute atomic E-state index is 0.123. The highest BCUT2D eigenvalue weighted by Gasteiger charge is 2.30. The molecule has 0 spiro atoms. The van der Waals surface area contributed by atoms with E-state index in [1.54, 1.807) is 0 Å². The molecule has 3 rings (SSSR count). The lowest BCUT2D eigenvalue weighted by Gasteiger charge is -2.23. The lowest BCUT2D eigenvalue weighted by atomic mass is 10.2. The van der Waals surface area contributed by atoms with E-state index < -0.39 is 0 Å². The number of carbonyl (C=O) groups is 1. The van der Waals surface area contributed by atoms with Gasteiger partial charge in [-0.1, -0.05) is 5.21 Å². The summed E-state index contributed by atoms with van der Waals surface area (Å²) < 4.78 is 7.48. The molecule has 2 aliphatic rings. The maximum Gasteiger partial charge on any atom is 0.252 e. The van der Waals surface area contributed by atoms with Crippen molar-refractivity contribution in [3.8, 4) is 0 Å². The average Bonchev–Trinajstić information content (AvgIpc) is 3.04. The van der Waals surface area contributed by atoms with E-state index >= 15 is 0 Å². The predicted molar refractivity (Wildman–Crippen MR) is 76.4 cm³/mol. The van der Waals surface area contributed by atoms with E-state index in [1.807, 2.05) is 23.7 Å². The normalized spacial score (nSPS) is 22.4. The van der Waals surface area contributed by atoms with Crippen LogP contribution in [0.1, 0.15) is 30.7 Å². The van der Waals surface area contributed by atoms with Crippen LogP contribution < -0.4 is 0 Å². The fourth-order valence-electron chi connectivity index (χ4n) is 2.98. The van der Waals surface area contributed by atoms with Crippen molar-refractivity contribution in [1.29, 1.82) is 0 Å². The largest absolute Gasteiger partial charge is 0.368 e. The summed E-state index contributed by atoms with van der Waals surface area (Å²) in [7, 11) is 4.02. The number of rotatable bonds is 3. The molecule has 116 valence electrons. The van der Waals surface area contributed by atoms with E-state index in [2.05, 4.69) is 15.2 Å². The van der Waals surface area contributed by atoms with Gasteiger partial charge in [0.1, 0.15) is 11.8 Å². The van der Waals surface area contributed by atoms with E-state index in [4.69, 9.17) is 4.74 Å². The predicted octanol–water partition coefficient (Wildman–Crippen LogP) is 0.251. The molecule has 0 bridgehead atoms. The van der Waals surface area contributed by atoms with Crippen molar-refractivity contribution in [1.82, 2.24) is 24.8 Å². The highest BCUT2D eigenvalue weighted by Crippen LogP contribution is 2.20. The summed E-state index contributed by atoms with van der Waals surface area (Å²) in [5.74, 6) is 0.123. The molecule has 3 heterocycles. The number of nitrogens with zero attached hydrogens (tertiary/aromatic N) is 5. The van der Waals surface area contributed by atoms with Crippen molar-refractivity contribution in [2.45, 2.75) is 45.0 Å². The van der Waals surface area contributed by atoms with Crippen LogP contribution in [0.5, 0.6) is 0 Å². The Bertz CT molecular complexity index is 507. The van der Waals surface area contributed by atoms with Crippen LogP contribution in [-0.2, 0) is 29.2 Å². The van der Waals surface area contributed by atoms with Crippen molar-refractivity contribution in [3.63, 3.8) is 0 Å².